The molecule has 3 aromatic rings. The van der Waals surface area contributed by atoms with Crippen LogP contribution in [0.3, 0.4) is 0 Å². The van der Waals surface area contributed by atoms with Crippen molar-refractivity contribution >= 4 is 23.1 Å². The SMILES string of the molecule is CCN(CC)c1ccc2c(c1)OC1(C=C2)N(c2ccccc2)c2ccccc2C1(C)C. The van der Waals surface area contributed by atoms with Crippen molar-refractivity contribution in [2.75, 3.05) is 22.9 Å². The van der Waals surface area contributed by atoms with Gasteiger partial charge in [0.1, 0.15) is 5.75 Å². The fraction of sp³-hybridized carbons (Fsp3) is 0.286. The molecule has 2 aliphatic heterocycles. The van der Waals surface area contributed by atoms with Crippen LogP contribution in [0.1, 0.15) is 38.8 Å². The molecule has 0 saturated carbocycles. The number of benzene rings is 3. The summed E-state index contributed by atoms with van der Waals surface area (Å²) in [4.78, 5) is 4.73. The second kappa shape index (κ2) is 7.19. The van der Waals surface area contributed by atoms with Crippen molar-refractivity contribution in [3.63, 3.8) is 0 Å². The summed E-state index contributed by atoms with van der Waals surface area (Å²) >= 11 is 0. The molecule has 0 fully saturated rings. The van der Waals surface area contributed by atoms with E-state index in [1.807, 2.05) is 0 Å². The van der Waals surface area contributed by atoms with Crippen LogP contribution >= 0.6 is 0 Å². The van der Waals surface area contributed by atoms with Crippen LogP contribution in [-0.2, 0) is 5.41 Å². The molecule has 0 amide bonds. The van der Waals surface area contributed by atoms with Crippen molar-refractivity contribution in [2.24, 2.45) is 0 Å². The number of anilines is 3. The molecule has 3 aromatic carbocycles. The highest BCUT2D eigenvalue weighted by molar-refractivity contribution is 5.80. The van der Waals surface area contributed by atoms with Gasteiger partial charge in [-0.2, -0.15) is 0 Å². The first-order valence-corrected chi connectivity index (χ1v) is 11.2. The molecule has 1 spiro atoms. The van der Waals surface area contributed by atoms with E-state index in [2.05, 4.69) is 122 Å². The smallest absolute Gasteiger partial charge is 0.216 e. The van der Waals surface area contributed by atoms with E-state index in [0.29, 0.717) is 0 Å². The third-order valence-corrected chi connectivity index (χ3v) is 6.94. The monoisotopic (exact) mass is 410 g/mol. The highest BCUT2D eigenvalue weighted by Crippen LogP contribution is 2.57. The van der Waals surface area contributed by atoms with Crippen LogP contribution in [0.2, 0.25) is 0 Å². The van der Waals surface area contributed by atoms with E-state index in [-0.39, 0.29) is 5.41 Å². The lowest BCUT2D eigenvalue weighted by molar-refractivity contribution is 0.0630. The number of fused-ring (bicyclic) bond motifs is 2. The summed E-state index contributed by atoms with van der Waals surface area (Å²) in [5.41, 5.74) is 5.06. The Kier molecular flexibility index (Phi) is 4.58. The molecular weight excluding hydrogens is 380 g/mol. The maximum atomic E-state index is 7.04. The molecule has 1 atom stereocenters. The van der Waals surface area contributed by atoms with Crippen LogP contribution in [0.15, 0.2) is 78.9 Å². The van der Waals surface area contributed by atoms with Gasteiger partial charge >= 0.3 is 0 Å². The lowest BCUT2D eigenvalue weighted by Gasteiger charge is -2.47. The molecule has 3 nitrogen and oxygen atoms in total. The van der Waals surface area contributed by atoms with Crippen LogP contribution in [0.4, 0.5) is 17.1 Å². The van der Waals surface area contributed by atoms with Crippen LogP contribution in [0, 0.1) is 0 Å². The Labute approximate surface area is 185 Å². The summed E-state index contributed by atoms with van der Waals surface area (Å²) in [7, 11) is 0. The van der Waals surface area contributed by atoms with Gasteiger partial charge in [-0.25, -0.2) is 0 Å². The van der Waals surface area contributed by atoms with E-state index in [9.17, 15) is 0 Å². The van der Waals surface area contributed by atoms with Crippen molar-refractivity contribution in [1.82, 2.24) is 0 Å². The number of ether oxygens (including phenoxy) is 1. The standard InChI is InChI=1S/C28H30N2O/c1-5-29(6-2)23-17-16-21-18-19-28(31-26(21)20-23)27(3,4)24-14-10-11-15-25(24)30(28)22-12-8-7-9-13-22/h7-20H,5-6H2,1-4H3. The van der Waals surface area contributed by atoms with Gasteiger partial charge in [-0.1, -0.05) is 36.4 Å². The molecule has 1 unspecified atom stereocenters. The lowest BCUT2D eigenvalue weighted by atomic mass is 9.76. The molecule has 0 N–H and O–H groups in total. The quantitative estimate of drug-likeness (QED) is 0.472. The average molecular weight is 411 g/mol. The number of hydrogen-bond acceptors (Lipinski definition) is 3. The first-order chi connectivity index (χ1) is 15.0. The maximum absolute atomic E-state index is 7.04. The van der Waals surface area contributed by atoms with E-state index in [4.69, 9.17) is 4.74 Å². The number of para-hydroxylation sites is 2. The number of hydrogen-bond donors (Lipinski definition) is 0. The fourth-order valence-corrected chi connectivity index (χ4v) is 5.15. The second-order valence-corrected chi connectivity index (χ2v) is 8.84. The maximum Gasteiger partial charge on any atom is 0.216 e. The van der Waals surface area contributed by atoms with E-state index < -0.39 is 5.72 Å². The minimum Gasteiger partial charge on any atom is -0.462 e. The van der Waals surface area contributed by atoms with Crippen molar-refractivity contribution in [2.45, 2.75) is 38.8 Å². The van der Waals surface area contributed by atoms with Crippen molar-refractivity contribution in [1.29, 1.82) is 0 Å². The highest BCUT2D eigenvalue weighted by atomic mass is 16.5. The van der Waals surface area contributed by atoms with Crippen molar-refractivity contribution in [3.8, 4) is 5.75 Å². The van der Waals surface area contributed by atoms with Crippen LogP contribution in [-0.4, -0.2) is 18.8 Å². The van der Waals surface area contributed by atoms with Gasteiger partial charge in [0.2, 0.25) is 5.72 Å². The third-order valence-electron chi connectivity index (χ3n) is 6.94. The largest absolute Gasteiger partial charge is 0.462 e. The minimum absolute atomic E-state index is 0.251. The molecule has 3 heteroatoms. The Bertz CT molecular complexity index is 1130. The Morgan fingerprint density at radius 2 is 1.58 bits per heavy atom. The van der Waals surface area contributed by atoms with Gasteiger partial charge in [-0.05, 0) is 75.7 Å². The Hall–Kier alpha value is -3.20. The summed E-state index contributed by atoms with van der Waals surface area (Å²) in [6.07, 6.45) is 4.48. The molecule has 2 aliphatic rings. The van der Waals surface area contributed by atoms with Crippen molar-refractivity contribution in [3.05, 3.63) is 90.0 Å². The zero-order valence-electron chi connectivity index (χ0n) is 18.8. The van der Waals surface area contributed by atoms with E-state index in [1.54, 1.807) is 0 Å². The molecule has 0 aromatic heterocycles. The summed E-state index contributed by atoms with van der Waals surface area (Å²) in [6, 6.07) is 25.8. The highest BCUT2D eigenvalue weighted by Gasteiger charge is 2.59. The summed E-state index contributed by atoms with van der Waals surface area (Å²) in [5.74, 6) is 0.939. The molecule has 2 heterocycles. The first-order valence-electron chi connectivity index (χ1n) is 11.2. The number of nitrogens with zero attached hydrogens (tertiary/aromatic N) is 2. The summed E-state index contributed by atoms with van der Waals surface area (Å²) < 4.78 is 7.04. The molecule has 0 saturated heterocycles. The normalized spacial score (nSPS) is 20.3. The van der Waals surface area contributed by atoms with Gasteiger partial charge in [0.05, 0.1) is 5.41 Å². The van der Waals surface area contributed by atoms with E-state index in [1.165, 1.54) is 16.9 Å². The van der Waals surface area contributed by atoms with Crippen molar-refractivity contribution < 1.29 is 4.74 Å². The second-order valence-electron chi connectivity index (χ2n) is 8.84. The zero-order chi connectivity index (χ0) is 21.6. The Morgan fingerprint density at radius 3 is 2.32 bits per heavy atom. The number of rotatable bonds is 4. The molecular formula is C28H30N2O. The molecule has 158 valence electrons. The molecule has 0 aliphatic carbocycles. The van der Waals surface area contributed by atoms with E-state index >= 15 is 0 Å². The third kappa shape index (κ3) is 2.79. The fourth-order valence-electron chi connectivity index (χ4n) is 5.15. The van der Waals surface area contributed by atoms with Gasteiger partial charge in [0, 0.05) is 41.8 Å². The van der Waals surface area contributed by atoms with E-state index in [0.717, 1.165) is 30.1 Å². The molecule has 5 rings (SSSR count). The topological polar surface area (TPSA) is 15.7 Å². The van der Waals surface area contributed by atoms with Crippen LogP contribution in [0.5, 0.6) is 5.75 Å². The Balaban J connectivity index is 1.69. The summed E-state index contributed by atoms with van der Waals surface area (Å²) in [6.45, 7) is 10.9. The summed E-state index contributed by atoms with van der Waals surface area (Å²) in [5, 5.41) is 0. The average Bonchev–Trinajstić information content (AvgIpc) is 2.98. The predicted octanol–water partition coefficient (Wildman–Crippen LogP) is 6.76. The molecule has 0 bridgehead atoms. The minimum atomic E-state index is -0.646. The first kappa shape index (κ1) is 19.7. The molecule has 31 heavy (non-hydrogen) atoms. The van der Waals surface area contributed by atoms with Gasteiger partial charge in [-0.3, -0.25) is 4.90 Å². The molecule has 0 radical (unpaired) electrons. The van der Waals surface area contributed by atoms with Gasteiger partial charge in [0.15, 0.2) is 0 Å². The predicted molar refractivity (Wildman–Crippen MR) is 130 cm³/mol. The van der Waals surface area contributed by atoms with Gasteiger partial charge in [0.25, 0.3) is 0 Å². The Morgan fingerprint density at radius 1 is 0.871 bits per heavy atom. The van der Waals surface area contributed by atoms with Gasteiger partial charge < -0.3 is 9.64 Å². The zero-order valence-corrected chi connectivity index (χ0v) is 18.8. The van der Waals surface area contributed by atoms with Crippen LogP contribution < -0.4 is 14.5 Å². The van der Waals surface area contributed by atoms with Crippen LogP contribution in [0.25, 0.3) is 6.08 Å². The lowest BCUT2D eigenvalue weighted by Crippen LogP contribution is -2.57. The van der Waals surface area contributed by atoms with Gasteiger partial charge in [-0.15, -0.1) is 0 Å².